The van der Waals surface area contributed by atoms with Crippen molar-refractivity contribution in [2.75, 3.05) is 32.5 Å². The number of aliphatic hydroxyl groups is 2. The summed E-state index contributed by atoms with van der Waals surface area (Å²) in [4.78, 5) is 52.4. The van der Waals surface area contributed by atoms with Crippen LogP contribution in [0.2, 0.25) is 0 Å². The van der Waals surface area contributed by atoms with Crippen LogP contribution in [-0.2, 0) is 19.1 Å². The van der Waals surface area contributed by atoms with Gasteiger partial charge in [0, 0.05) is 32.6 Å². The summed E-state index contributed by atoms with van der Waals surface area (Å²) in [7, 11) is 1.70. The Hall–Kier alpha value is -4.00. The Morgan fingerprint density at radius 3 is 2.64 bits per heavy atom. The fourth-order valence-corrected chi connectivity index (χ4v) is 5.39. The van der Waals surface area contributed by atoms with Crippen LogP contribution in [0.4, 0.5) is 10.6 Å². The molecular weight excluding hydrogens is 548 g/mol. The van der Waals surface area contributed by atoms with Crippen molar-refractivity contribution in [3.8, 4) is 11.8 Å². The summed E-state index contributed by atoms with van der Waals surface area (Å²) in [6.07, 6.45) is 0.146. The highest BCUT2D eigenvalue weighted by atomic mass is 16.6. The predicted octanol–water partition coefficient (Wildman–Crippen LogP) is -0.873. The number of aliphatic hydroxyl groups excluding tert-OH is 2. The highest BCUT2D eigenvalue weighted by Crippen LogP contribution is 2.33. The number of carbonyl (C=O) groups excluding carboxylic acids is 3. The SMILES string of the molecule is CN1C(=O)CC1COC(=O)N1CCC(CC#Cc2nc(N)c3ncn([C@@H]4O[C@H](C(=O)NC5CC5)C(O)[C@@H]4O)c3n2)CC1. The second-order valence-corrected chi connectivity index (χ2v) is 11.3. The number of hydrogen-bond donors (Lipinski definition) is 4. The van der Waals surface area contributed by atoms with E-state index in [9.17, 15) is 24.6 Å². The molecule has 5 N–H and O–H groups in total. The lowest BCUT2D eigenvalue weighted by Gasteiger charge is -2.37. The molecule has 15 heteroatoms. The van der Waals surface area contributed by atoms with E-state index in [-0.39, 0.29) is 59.4 Å². The molecule has 3 saturated heterocycles. The number of fused-ring (bicyclic) bond motifs is 1. The van der Waals surface area contributed by atoms with E-state index in [1.807, 2.05) is 0 Å². The lowest BCUT2D eigenvalue weighted by atomic mass is 9.94. The third-order valence-electron chi connectivity index (χ3n) is 8.36. The van der Waals surface area contributed by atoms with Gasteiger partial charge in [0.1, 0.15) is 24.3 Å². The minimum atomic E-state index is -1.42. The number of likely N-dealkylation sites (N-methyl/N-ethyl adjacent to an activating group) is 1. The fraction of sp³-hybridized carbons (Fsp3) is 0.630. The van der Waals surface area contributed by atoms with Crippen molar-refractivity contribution in [1.82, 2.24) is 34.6 Å². The molecule has 42 heavy (non-hydrogen) atoms. The fourth-order valence-electron chi connectivity index (χ4n) is 5.39. The third-order valence-corrected chi connectivity index (χ3v) is 8.36. The zero-order chi connectivity index (χ0) is 29.5. The number of nitrogens with zero attached hydrogens (tertiary/aromatic N) is 6. The Morgan fingerprint density at radius 1 is 1.19 bits per heavy atom. The van der Waals surface area contributed by atoms with Crippen LogP contribution in [0, 0.1) is 17.8 Å². The monoisotopic (exact) mass is 582 g/mol. The molecule has 0 spiro atoms. The average molecular weight is 583 g/mol. The van der Waals surface area contributed by atoms with Crippen molar-refractivity contribution >= 4 is 34.9 Å². The third kappa shape index (κ3) is 5.57. The summed E-state index contributed by atoms with van der Waals surface area (Å²) in [6.45, 7) is 1.34. The van der Waals surface area contributed by atoms with Gasteiger partial charge in [-0.25, -0.2) is 19.7 Å². The van der Waals surface area contributed by atoms with Crippen LogP contribution in [0.5, 0.6) is 0 Å². The number of likely N-dealkylation sites (tertiary alicyclic amines) is 2. The van der Waals surface area contributed by atoms with Gasteiger partial charge in [0.2, 0.25) is 11.7 Å². The lowest BCUT2D eigenvalue weighted by molar-refractivity contribution is -0.145. The smallest absolute Gasteiger partial charge is 0.409 e. The number of amides is 3. The first-order valence-electron chi connectivity index (χ1n) is 14.2. The van der Waals surface area contributed by atoms with Gasteiger partial charge in [-0.15, -0.1) is 0 Å². The van der Waals surface area contributed by atoms with E-state index < -0.39 is 30.4 Å². The van der Waals surface area contributed by atoms with E-state index in [1.165, 1.54) is 10.9 Å². The van der Waals surface area contributed by atoms with Gasteiger partial charge in [-0.2, -0.15) is 0 Å². The molecule has 4 aliphatic rings. The number of imidazole rings is 1. The largest absolute Gasteiger partial charge is 0.447 e. The van der Waals surface area contributed by atoms with E-state index >= 15 is 0 Å². The molecule has 0 radical (unpaired) electrons. The van der Waals surface area contributed by atoms with Crippen molar-refractivity contribution in [3.05, 3.63) is 12.2 Å². The first-order valence-corrected chi connectivity index (χ1v) is 14.2. The van der Waals surface area contributed by atoms with Crippen LogP contribution in [0.15, 0.2) is 6.33 Å². The van der Waals surface area contributed by atoms with E-state index in [0.717, 1.165) is 25.7 Å². The zero-order valence-electron chi connectivity index (χ0n) is 23.2. The number of anilines is 1. The molecule has 3 amide bonds. The Kier molecular flexibility index (Phi) is 7.60. The molecule has 2 aromatic heterocycles. The van der Waals surface area contributed by atoms with Crippen LogP contribution in [0.1, 0.15) is 50.6 Å². The number of nitrogens with one attached hydrogen (secondary N) is 1. The van der Waals surface area contributed by atoms with Gasteiger partial charge in [0.05, 0.1) is 18.8 Å². The van der Waals surface area contributed by atoms with Crippen molar-refractivity contribution in [2.45, 2.75) is 75.1 Å². The quantitative estimate of drug-likeness (QED) is 0.244. The summed E-state index contributed by atoms with van der Waals surface area (Å²) >= 11 is 0. The van der Waals surface area contributed by atoms with Gasteiger partial charge < -0.3 is 40.5 Å². The number of aromatic nitrogens is 4. The van der Waals surface area contributed by atoms with Crippen molar-refractivity contribution < 1.29 is 34.1 Å². The summed E-state index contributed by atoms with van der Waals surface area (Å²) in [5, 5.41) is 23.9. The van der Waals surface area contributed by atoms with E-state index in [1.54, 1.807) is 16.8 Å². The molecule has 5 heterocycles. The molecule has 0 bridgehead atoms. The normalized spacial score (nSPS) is 27.9. The number of nitrogens with two attached hydrogens (primary N) is 1. The van der Waals surface area contributed by atoms with Gasteiger partial charge in [-0.05, 0) is 37.5 Å². The number of rotatable bonds is 6. The van der Waals surface area contributed by atoms with Gasteiger partial charge in [-0.3, -0.25) is 14.2 Å². The maximum absolute atomic E-state index is 12.5. The van der Waals surface area contributed by atoms with Crippen LogP contribution in [0.3, 0.4) is 0 Å². The van der Waals surface area contributed by atoms with Crippen LogP contribution < -0.4 is 11.1 Å². The Bertz CT molecular complexity index is 1440. The number of hydrogen-bond acceptors (Lipinski definition) is 11. The molecule has 6 rings (SSSR count). The molecule has 2 unspecified atom stereocenters. The molecule has 0 aromatic carbocycles. The Balaban J connectivity index is 1.05. The molecule has 1 saturated carbocycles. The van der Waals surface area contributed by atoms with Crippen molar-refractivity contribution in [1.29, 1.82) is 0 Å². The van der Waals surface area contributed by atoms with Gasteiger partial charge in [0.25, 0.3) is 5.91 Å². The molecule has 2 aromatic rings. The molecule has 3 aliphatic heterocycles. The maximum Gasteiger partial charge on any atom is 0.409 e. The highest BCUT2D eigenvalue weighted by Gasteiger charge is 2.48. The number of carbonyl (C=O) groups is 3. The topological polar surface area (TPSA) is 198 Å². The van der Waals surface area contributed by atoms with E-state index in [0.29, 0.717) is 25.9 Å². The summed E-state index contributed by atoms with van der Waals surface area (Å²) in [5.41, 5.74) is 6.66. The van der Waals surface area contributed by atoms with Crippen molar-refractivity contribution in [2.24, 2.45) is 5.92 Å². The minimum absolute atomic E-state index is 0.0407. The summed E-state index contributed by atoms with van der Waals surface area (Å²) in [6, 6.07) is 0.0375. The van der Waals surface area contributed by atoms with Crippen molar-refractivity contribution in [3.63, 3.8) is 0 Å². The van der Waals surface area contributed by atoms with Crippen LogP contribution >= 0.6 is 0 Å². The first-order chi connectivity index (χ1) is 20.2. The lowest BCUT2D eigenvalue weighted by Crippen LogP contribution is -2.53. The summed E-state index contributed by atoms with van der Waals surface area (Å²) in [5.74, 6) is 6.19. The summed E-state index contributed by atoms with van der Waals surface area (Å²) < 4.78 is 12.6. The number of nitrogen functional groups attached to an aromatic ring is 1. The Morgan fingerprint density at radius 2 is 1.95 bits per heavy atom. The highest BCUT2D eigenvalue weighted by molar-refractivity contribution is 5.84. The number of ether oxygens (including phenoxy) is 2. The maximum atomic E-state index is 12.5. The average Bonchev–Trinajstić information content (AvgIpc) is 3.62. The van der Waals surface area contributed by atoms with Crippen LogP contribution in [-0.4, -0.2) is 115 Å². The minimum Gasteiger partial charge on any atom is -0.447 e. The van der Waals surface area contributed by atoms with Gasteiger partial charge in [0.15, 0.2) is 23.8 Å². The molecule has 4 fully saturated rings. The number of piperidine rings is 1. The Labute approximate surface area is 241 Å². The van der Waals surface area contributed by atoms with Crippen LogP contribution in [0.25, 0.3) is 11.2 Å². The molecule has 224 valence electrons. The molecule has 5 atom stereocenters. The number of β-lactam (4-membered cyclic amide) rings is 1. The van der Waals surface area contributed by atoms with E-state index in [4.69, 9.17) is 15.2 Å². The standard InChI is InChI=1S/C27H34N8O7/c1-33-16(11-18(33)36)12-41-27(40)34-9-7-14(8-10-34)3-2-4-17-31-23(28)19-24(32-17)35(13-29-19)26-21(38)20(37)22(42-26)25(39)30-15-5-6-15/h13-16,20-22,26,37-38H,3,5-12H2,1H3,(H,30,39)(H2,28,31,32)/t16?,20?,21-,22-,26+/m0/s1. The molecule has 15 nitrogen and oxygen atoms in total. The first kappa shape index (κ1) is 28.1. The van der Waals surface area contributed by atoms with E-state index in [2.05, 4.69) is 32.1 Å². The molecular formula is C27H34N8O7. The van der Waals surface area contributed by atoms with Gasteiger partial charge in [-0.1, -0.05) is 5.92 Å². The second kappa shape index (κ2) is 11.3. The zero-order valence-corrected chi connectivity index (χ0v) is 23.2. The molecule has 1 aliphatic carbocycles. The predicted molar refractivity (Wildman–Crippen MR) is 145 cm³/mol. The second-order valence-electron chi connectivity index (χ2n) is 11.3. The van der Waals surface area contributed by atoms with Gasteiger partial charge >= 0.3 is 6.09 Å².